The smallest absolute Gasteiger partial charge is 0.403 e. The SMILES string of the molecule is OCc1nc(CF)cc(I)c1OC(F)(F)F. The highest BCUT2D eigenvalue weighted by atomic mass is 127. The van der Waals surface area contributed by atoms with Crippen molar-refractivity contribution < 1.29 is 27.4 Å². The van der Waals surface area contributed by atoms with Gasteiger partial charge in [-0.2, -0.15) is 0 Å². The van der Waals surface area contributed by atoms with Crippen molar-refractivity contribution >= 4 is 22.6 Å². The number of rotatable bonds is 3. The van der Waals surface area contributed by atoms with Crippen molar-refractivity contribution in [1.29, 1.82) is 0 Å². The van der Waals surface area contributed by atoms with E-state index in [1.54, 1.807) is 22.6 Å². The summed E-state index contributed by atoms with van der Waals surface area (Å²) in [5.41, 5.74) is -0.389. The number of ether oxygens (including phenoxy) is 1. The zero-order valence-corrected chi connectivity index (χ0v) is 9.84. The first-order chi connectivity index (χ1) is 7.37. The first kappa shape index (κ1) is 13.4. The van der Waals surface area contributed by atoms with Gasteiger partial charge in [-0.3, -0.25) is 0 Å². The molecule has 0 atom stereocenters. The zero-order valence-electron chi connectivity index (χ0n) is 7.68. The molecule has 1 rings (SSSR count). The van der Waals surface area contributed by atoms with Crippen LogP contribution in [-0.2, 0) is 13.3 Å². The Labute approximate surface area is 102 Å². The molecule has 8 heteroatoms. The van der Waals surface area contributed by atoms with Crippen molar-refractivity contribution in [1.82, 2.24) is 4.98 Å². The van der Waals surface area contributed by atoms with E-state index in [1.807, 2.05) is 0 Å². The van der Waals surface area contributed by atoms with Crippen molar-refractivity contribution in [2.75, 3.05) is 0 Å². The van der Waals surface area contributed by atoms with Gasteiger partial charge in [0.15, 0.2) is 5.75 Å². The quantitative estimate of drug-likeness (QED) is 0.673. The second-order valence-corrected chi connectivity index (χ2v) is 3.87. The fraction of sp³-hybridized carbons (Fsp3) is 0.375. The maximum Gasteiger partial charge on any atom is 0.573 e. The van der Waals surface area contributed by atoms with Crippen LogP contribution in [0.5, 0.6) is 5.75 Å². The molecule has 0 fully saturated rings. The van der Waals surface area contributed by atoms with Gasteiger partial charge in [-0.15, -0.1) is 13.2 Å². The Morgan fingerprint density at radius 2 is 2.06 bits per heavy atom. The molecular weight excluding hydrogens is 345 g/mol. The molecule has 0 aliphatic carbocycles. The van der Waals surface area contributed by atoms with Crippen LogP contribution in [0.4, 0.5) is 17.6 Å². The number of aliphatic hydroxyl groups is 1. The Morgan fingerprint density at radius 1 is 1.44 bits per heavy atom. The van der Waals surface area contributed by atoms with Gasteiger partial charge in [-0.1, -0.05) is 0 Å². The van der Waals surface area contributed by atoms with Crippen LogP contribution in [0.2, 0.25) is 0 Å². The molecular formula is C8H6F4INO2. The summed E-state index contributed by atoms with van der Waals surface area (Å²) in [5, 5.41) is 8.82. The molecule has 0 bridgehead atoms. The van der Waals surface area contributed by atoms with E-state index in [-0.39, 0.29) is 15.0 Å². The minimum atomic E-state index is -4.87. The lowest BCUT2D eigenvalue weighted by atomic mass is 10.3. The predicted molar refractivity (Wildman–Crippen MR) is 54.4 cm³/mol. The first-order valence-electron chi connectivity index (χ1n) is 3.98. The highest BCUT2D eigenvalue weighted by molar-refractivity contribution is 14.1. The lowest BCUT2D eigenvalue weighted by molar-refractivity contribution is -0.275. The molecule has 1 heterocycles. The van der Waals surface area contributed by atoms with E-state index in [2.05, 4.69) is 9.72 Å². The van der Waals surface area contributed by atoms with Crippen molar-refractivity contribution in [3.63, 3.8) is 0 Å². The molecule has 0 saturated carbocycles. The van der Waals surface area contributed by atoms with Crippen LogP contribution in [0.15, 0.2) is 6.07 Å². The topological polar surface area (TPSA) is 42.4 Å². The lowest BCUT2D eigenvalue weighted by Gasteiger charge is -2.13. The van der Waals surface area contributed by atoms with Crippen LogP contribution >= 0.6 is 22.6 Å². The molecule has 0 aliphatic rings. The van der Waals surface area contributed by atoms with Crippen molar-refractivity contribution in [3.05, 3.63) is 21.0 Å². The molecule has 1 N–H and O–H groups in total. The van der Waals surface area contributed by atoms with Gasteiger partial charge in [-0.05, 0) is 28.7 Å². The maximum absolute atomic E-state index is 12.3. The van der Waals surface area contributed by atoms with Crippen molar-refractivity contribution in [2.24, 2.45) is 0 Å². The summed E-state index contributed by atoms with van der Waals surface area (Å²) >= 11 is 1.56. The van der Waals surface area contributed by atoms with Gasteiger partial charge >= 0.3 is 6.36 Å². The molecule has 0 amide bonds. The average molecular weight is 351 g/mol. The summed E-state index contributed by atoms with van der Waals surface area (Å²) in [6, 6.07) is 1.13. The van der Waals surface area contributed by atoms with E-state index in [0.717, 1.165) is 6.07 Å². The van der Waals surface area contributed by atoms with E-state index >= 15 is 0 Å². The molecule has 0 unspecified atom stereocenters. The summed E-state index contributed by atoms with van der Waals surface area (Å²) in [6.45, 7) is -1.68. The van der Waals surface area contributed by atoms with E-state index in [1.165, 1.54) is 0 Å². The number of aromatic nitrogens is 1. The summed E-state index contributed by atoms with van der Waals surface area (Å²) in [5.74, 6) is -0.590. The van der Waals surface area contributed by atoms with Gasteiger partial charge in [-0.25, -0.2) is 9.37 Å². The fourth-order valence-corrected chi connectivity index (χ4v) is 1.79. The number of nitrogens with zero attached hydrogens (tertiary/aromatic N) is 1. The normalized spacial score (nSPS) is 11.6. The predicted octanol–water partition coefficient (Wildman–Crippen LogP) is 2.55. The van der Waals surface area contributed by atoms with E-state index in [0.29, 0.717) is 0 Å². The Bertz CT molecular complexity index is 383. The molecule has 0 aliphatic heterocycles. The van der Waals surface area contributed by atoms with Crippen LogP contribution in [0.1, 0.15) is 11.4 Å². The van der Waals surface area contributed by atoms with Crippen LogP contribution in [0, 0.1) is 3.57 Å². The van der Waals surface area contributed by atoms with Gasteiger partial charge in [0.05, 0.1) is 15.9 Å². The van der Waals surface area contributed by atoms with Gasteiger partial charge in [0.25, 0.3) is 0 Å². The van der Waals surface area contributed by atoms with E-state index in [9.17, 15) is 17.6 Å². The molecule has 0 radical (unpaired) electrons. The summed E-state index contributed by atoms with van der Waals surface area (Å²) < 4.78 is 52.1. The number of aliphatic hydroxyl groups excluding tert-OH is 1. The standard InChI is InChI=1S/C8H6F4INO2/c9-2-4-1-5(13)7(6(3-15)14-4)16-8(10,11)12/h1,15H,2-3H2. The molecule has 1 aromatic rings. The molecule has 0 saturated heterocycles. The number of halogens is 5. The first-order valence-corrected chi connectivity index (χ1v) is 5.06. The van der Waals surface area contributed by atoms with E-state index < -0.39 is 25.4 Å². The van der Waals surface area contributed by atoms with Gasteiger partial charge in [0.1, 0.15) is 12.4 Å². The average Bonchev–Trinajstić information content (AvgIpc) is 2.19. The highest BCUT2D eigenvalue weighted by Gasteiger charge is 2.33. The second-order valence-electron chi connectivity index (χ2n) is 2.71. The Morgan fingerprint density at radius 3 is 2.50 bits per heavy atom. The number of pyridine rings is 1. The zero-order chi connectivity index (χ0) is 12.3. The number of hydrogen-bond donors (Lipinski definition) is 1. The third kappa shape index (κ3) is 3.44. The Hall–Kier alpha value is -0.640. The van der Waals surface area contributed by atoms with Crippen LogP contribution in [0.25, 0.3) is 0 Å². The monoisotopic (exact) mass is 351 g/mol. The lowest BCUT2D eigenvalue weighted by Crippen LogP contribution is -2.19. The summed E-state index contributed by atoms with van der Waals surface area (Å²) in [7, 11) is 0. The van der Waals surface area contributed by atoms with Gasteiger partial charge in [0.2, 0.25) is 0 Å². The molecule has 0 aromatic carbocycles. The third-order valence-electron chi connectivity index (χ3n) is 1.56. The molecule has 3 nitrogen and oxygen atoms in total. The highest BCUT2D eigenvalue weighted by Crippen LogP contribution is 2.31. The van der Waals surface area contributed by atoms with E-state index in [4.69, 9.17) is 5.11 Å². The number of alkyl halides is 4. The third-order valence-corrected chi connectivity index (χ3v) is 2.36. The largest absolute Gasteiger partial charge is 0.573 e. The molecule has 16 heavy (non-hydrogen) atoms. The molecule has 0 spiro atoms. The van der Waals surface area contributed by atoms with Crippen molar-refractivity contribution in [3.8, 4) is 5.75 Å². The minimum absolute atomic E-state index is 0.0432. The summed E-state index contributed by atoms with van der Waals surface area (Å²) in [4.78, 5) is 3.50. The van der Waals surface area contributed by atoms with Crippen LogP contribution in [0.3, 0.4) is 0 Å². The molecule has 1 aromatic heterocycles. The van der Waals surface area contributed by atoms with Crippen LogP contribution < -0.4 is 4.74 Å². The number of hydrogen-bond acceptors (Lipinski definition) is 3. The Kier molecular flexibility index (Phi) is 4.30. The maximum atomic E-state index is 12.3. The van der Waals surface area contributed by atoms with Crippen molar-refractivity contribution in [2.45, 2.75) is 19.6 Å². The summed E-state index contributed by atoms with van der Waals surface area (Å²) in [6.07, 6.45) is -4.87. The van der Waals surface area contributed by atoms with Crippen LogP contribution in [-0.4, -0.2) is 16.5 Å². The van der Waals surface area contributed by atoms with Gasteiger partial charge < -0.3 is 9.84 Å². The fourth-order valence-electron chi connectivity index (χ4n) is 1.01. The second kappa shape index (κ2) is 5.13. The minimum Gasteiger partial charge on any atom is -0.403 e. The van der Waals surface area contributed by atoms with Gasteiger partial charge in [0, 0.05) is 0 Å². The molecule has 90 valence electrons. The Balaban J connectivity index is 3.16.